The Balaban J connectivity index is 1.62. The molecule has 0 spiro atoms. The lowest BCUT2D eigenvalue weighted by atomic mass is 9.33. The minimum Gasteiger partial charge on any atom is -0.395 e. The number of rotatable bonds is 1. The van der Waals surface area contributed by atoms with Gasteiger partial charge in [-0.1, -0.05) is 60.1 Å². The van der Waals surface area contributed by atoms with Gasteiger partial charge in [-0.3, -0.25) is 0 Å². The summed E-state index contributed by atoms with van der Waals surface area (Å²) in [5.74, 6) is 3.31. The van der Waals surface area contributed by atoms with Crippen LogP contribution in [0.1, 0.15) is 106 Å². The first-order valence-electron chi connectivity index (χ1n) is 13.9. The van der Waals surface area contributed by atoms with Gasteiger partial charge >= 0.3 is 0 Å². The Labute approximate surface area is 197 Å². The quantitative estimate of drug-likeness (QED) is 0.429. The SMILES string of the molecule is C[C@H]1[C@H](C)CC[C@]2(C)CC[C@]3(CO)C(=CC[C@@H]4[C@@]5(C)CC[C@H](O)C(C)(C)[C@@H]5CC[C@]43C)[C@H]12. The molecule has 5 aliphatic rings. The van der Waals surface area contributed by atoms with Crippen molar-refractivity contribution in [1.82, 2.24) is 0 Å². The van der Waals surface area contributed by atoms with Gasteiger partial charge in [0, 0.05) is 5.41 Å². The predicted octanol–water partition coefficient (Wildman–Crippen LogP) is 7.00. The van der Waals surface area contributed by atoms with Crippen LogP contribution in [0.3, 0.4) is 0 Å². The molecule has 182 valence electrons. The van der Waals surface area contributed by atoms with Crippen molar-refractivity contribution in [3.8, 4) is 0 Å². The number of hydrogen-bond donors (Lipinski definition) is 2. The van der Waals surface area contributed by atoms with Crippen LogP contribution in [0.15, 0.2) is 11.6 Å². The first-order chi connectivity index (χ1) is 14.9. The van der Waals surface area contributed by atoms with E-state index in [-0.39, 0.29) is 27.8 Å². The Hall–Kier alpha value is -0.340. The minimum absolute atomic E-state index is 0.0108. The second-order valence-corrected chi connectivity index (χ2v) is 14.6. The number of hydrogen-bond acceptors (Lipinski definition) is 2. The van der Waals surface area contributed by atoms with Crippen LogP contribution in [0.5, 0.6) is 0 Å². The zero-order valence-electron chi connectivity index (χ0n) is 22.0. The summed E-state index contributed by atoms with van der Waals surface area (Å²) in [4.78, 5) is 0. The third kappa shape index (κ3) is 2.66. The van der Waals surface area contributed by atoms with Gasteiger partial charge in [-0.2, -0.15) is 0 Å². The van der Waals surface area contributed by atoms with Gasteiger partial charge in [0.2, 0.25) is 0 Å². The topological polar surface area (TPSA) is 40.5 Å². The molecule has 5 aliphatic carbocycles. The Kier molecular flexibility index (Phi) is 5.19. The van der Waals surface area contributed by atoms with Crippen LogP contribution in [0, 0.1) is 56.7 Å². The fraction of sp³-hybridized carbons (Fsp3) is 0.933. The second-order valence-electron chi connectivity index (χ2n) is 14.6. The summed E-state index contributed by atoms with van der Waals surface area (Å²) in [7, 11) is 0. The van der Waals surface area contributed by atoms with Crippen molar-refractivity contribution in [3.63, 3.8) is 0 Å². The fourth-order valence-corrected chi connectivity index (χ4v) is 11.0. The van der Waals surface area contributed by atoms with Crippen molar-refractivity contribution in [1.29, 1.82) is 0 Å². The van der Waals surface area contributed by atoms with E-state index in [1.807, 2.05) is 0 Å². The minimum atomic E-state index is -0.175. The van der Waals surface area contributed by atoms with Crippen LogP contribution in [0.25, 0.3) is 0 Å². The van der Waals surface area contributed by atoms with Gasteiger partial charge in [-0.15, -0.1) is 0 Å². The van der Waals surface area contributed by atoms with Crippen molar-refractivity contribution in [2.45, 2.75) is 112 Å². The van der Waals surface area contributed by atoms with E-state index in [4.69, 9.17) is 0 Å². The summed E-state index contributed by atoms with van der Waals surface area (Å²) in [5, 5.41) is 22.1. The summed E-state index contributed by atoms with van der Waals surface area (Å²) >= 11 is 0. The molecule has 5 rings (SSSR count). The Morgan fingerprint density at radius 1 is 0.875 bits per heavy atom. The molecule has 10 atom stereocenters. The molecule has 2 N–H and O–H groups in total. The van der Waals surface area contributed by atoms with Gasteiger partial charge in [0.1, 0.15) is 0 Å². The van der Waals surface area contributed by atoms with Crippen LogP contribution in [0.2, 0.25) is 0 Å². The average molecular weight is 443 g/mol. The molecule has 4 fully saturated rings. The molecule has 0 aromatic rings. The Morgan fingerprint density at radius 2 is 1.59 bits per heavy atom. The van der Waals surface area contributed by atoms with E-state index in [0.717, 1.165) is 18.8 Å². The van der Waals surface area contributed by atoms with Crippen LogP contribution in [-0.4, -0.2) is 22.9 Å². The van der Waals surface area contributed by atoms with E-state index < -0.39 is 0 Å². The Bertz CT molecular complexity index is 799. The van der Waals surface area contributed by atoms with E-state index in [9.17, 15) is 10.2 Å². The lowest BCUT2D eigenvalue weighted by Gasteiger charge is -2.71. The highest BCUT2D eigenvalue weighted by Gasteiger charge is 2.69. The number of aliphatic hydroxyl groups is 2. The predicted molar refractivity (Wildman–Crippen MR) is 132 cm³/mol. The van der Waals surface area contributed by atoms with Crippen LogP contribution in [0.4, 0.5) is 0 Å². The molecule has 0 amide bonds. The maximum Gasteiger partial charge on any atom is 0.0594 e. The zero-order chi connectivity index (χ0) is 23.3. The summed E-state index contributed by atoms with van der Waals surface area (Å²) < 4.78 is 0. The molecule has 0 saturated heterocycles. The van der Waals surface area contributed by atoms with Crippen LogP contribution < -0.4 is 0 Å². The van der Waals surface area contributed by atoms with E-state index in [0.29, 0.717) is 35.7 Å². The van der Waals surface area contributed by atoms with Gasteiger partial charge in [0.15, 0.2) is 0 Å². The van der Waals surface area contributed by atoms with Gasteiger partial charge in [-0.05, 0) is 109 Å². The standard InChI is InChI=1S/C30H50O2/c1-19-10-13-27(5)16-17-30(18-31)21(25(27)20(19)2)8-9-23-28(6)14-12-24(32)26(3,4)22(28)11-15-29(23,30)7/h8,19-20,22-25,31-32H,9-18H2,1-7H3/t19-,20+,22+,23-,24+,25+,27-,28+,29-,30+/m1/s1. The normalized spacial score (nSPS) is 56.8. The molecule has 0 aromatic heterocycles. The summed E-state index contributed by atoms with van der Waals surface area (Å²) in [6, 6.07) is 0. The lowest BCUT2D eigenvalue weighted by molar-refractivity contribution is -0.213. The van der Waals surface area contributed by atoms with Gasteiger partial charge < -0.3 is 10.2 Å². The van der Waals surface area contributed by atoms with E-state index in [1.54, 1.807) is 5.57 Å². The van der Waals surface area contributed by atoms with Crippen molar-refractivity contribution in [2.75, 3.05) is 6.61 Å². The summed E-state index contributed by atoms with van der Waals surface area (Å²) in [6.07, 6.45) is 13.3. The molecular formula is C30H50O2. The zero-order valence-corrected chi connectivity index (χ0v) is 22.0. The highest BCUT2D eigenvalue weighted by atomic mass is 16.3. The van der Waals surface area contributed by atoms with E-state index >= 15 is 0 Å². The average Bonchev–Trinajstić information content (AvgIpc) is 2.73. The maximum absolute atomic E-state index is 11.3. The largest absolute Gasteiger partial charge is 0.395 e. The van der Waals surface area contributed by atoms with E-state index in [1.165, 1.54) is 44.9 Å². The molecule has 32 heavy (non-hydrogen) atoms. The van der Waals surface area contributed by atoms with Gasteiger partial charge in [-0.25, -0.2) is 0 Å². The second kappa shape index (κ2) is 7.09. The van der Waals surface area contributed by atoms with Crippen molar-refractivity contribution >= 4 is 0 Å². The summed E-state index contributed by atoms with van der Waals surface area (Å²) in [5.41, 5.74) is 2.45. The summed E-state index contributed by atoms with van der Waals surface area (Å²) in [6.45, 7) is 17.7. The van der Waals surface area contributed by atoms with Crippen molar-refractivity contribution in [2.24, 2.45) is 56.7 Å². The molecule has 0 bridgehead atoms. The smallest absolute Gasteiger partial charge is 0.0594 e. The molecule has 0 aliphatic heterocycles. The number of fused-ring (bicyclic) bond motifs is 7. The van der Waals surface area contributed by atoms with Crippen molar-refractivity contribution in [3.05, 3.63) is 11.6 Å². The first-order valence-corrected chi connectivity index (χ1v) is 13.9. The molecular weight excluding hydrogens is 392 g/mol. The highest BCUT2D eigenvalue weighted by Crippen LogP contribution is 2.75. The lowest BCUT2D eigenvalue weighted by Crippen LogP contribution is -2.66. The molecule has 2 nitrogen and oxygen atoms in total. The molecule has 4 saturated carbocycles. The fourth-order valence-electron chi connectivity index (χ4n) is 11.0. The monoisotopic (exact) mass is 442 g/mol. The maximum atomic E-state index is 11.3. The molecule has 0 aromatic carbocycles. The van der Waals surface area contributed by atoms with Crippen LogP contribution in [-0.2, 0) is 0 Å². The third-order valence-corrected chi connectivity index (χ3v) is 13.3. The third-order valence-electron chi connectivity index (χ3n) is 13.3. The Morgan fingerprint density at radius 3 is 2.28 bits per heavy atom. The van der Waals surface area contributed by atoms with Crippen molar-refractivity contribution < 1.29 is 10.2 Å². The van der Waals surface area contributed by atoms with Crippen LogP contribution >= 0.6 is 0 Å². The molecule has 0 radical (unpaired) electrons. The van der Waals surface area contributed by atoms with E-state index in [2.05, 4.69) is 54.5 Å². The number of aliphatic hydroxyl groups excluding tert-OH is 2. The molecule has 0 heterocycles. The van der Waals surface area contributed by atoms with Gasteiger partial charge in [0.05, 0.1) is 12.7 Å². The highest BCUT2D eigenvalue weighted by molar-refractivity contribution is 5.34. The first kappa shape index (κ1) is 23.4. The molecule has 0 unspecified atom stereocenters. The number of allylic oxidation sites excluding steroid dienone is 1. The molecule has 2 heteroatoms. The van der Waals surface area contributed by atoms with Gasteiger partial charge in [0.25, 0.3) is 0 Å².